The van der Waals surface area contributed by atoms with Crippen molar-refractivity contribution in [3.63, 3.8) is 0 Å². The van der Waals surface area contributed by atoms with Crippen molar-refractivity contribution in [3.8, 4) is 0 Å². The summed E-state index contributed by atoms with van der Waals surface area (Å²) >= 11 is 2.96. The normalized spacial score (nSPS) is 9.92. The van der Waals surface area contributed by atoms with Crippen LogP contribution >= 0.6 is 15.9 Å². The van der Waals surface area contributed by atoms with Crippen LogP contribution in [0, 0.1) is 12.7 Å². The molecule has 0 radical (unpaired) electrons. The monoisotopic (exact) mass is 232 g/mol. The van der Waals surface area contributed by atoms with Crippen molar-refractivity contribution in [3.05, 3.63) is 33.5 Å². The van der Waals surface area contributed by atoms with Crippen molar-refractivity contribution in [2.24, 2.45) is 0 Å². The number of benzene rings is 1. The molecule has 0 aliphatic rings. The molecule has 0 aliphatic heterocycles. The van der Waals surface area contributed by atoms with E-state index in [1.807, 2.05) is 0 Å². The topological polar surface area (TPSA) is 37.3 Å². The van der Waals surface area contributed by atoms with E-state index < -0.39 is 11.8 Å². The van der Waals surface area contributed by atoms with Gasteiger partial charge in [0.05, 0.1) is 10.0 Å². The molecule has 0 aliphatic carbocycles. The largest absolute Gasteiger partial charge is 0.478 e. The molecule has 0 unspecified atom stereocenters. The Kier molecular flexibility index (Phi) is 2.47. The van der Waals surface area contributed by atoms with Crippen molar-refractivity contribution in [2.75, 3.05) is 0 Å². The van der Waals surface area contributed by atoms with E-state index >= 15 is 0 Å². The highest BCUT2D eigenvalue weighted by Crippen LogP contribution is 2.20. The maximum Gasteiger partial charge on any atom is 0.336 e. The van der Waals surface area contributed by atoms with Crippen LogP contribution in [0.25, 0.3) is 0 Å². The number of carbonyl (C=O) groups is 1. The second kappa shape index (κ2) is 3.23. The minimum atomic E-state index is -1.11. The number of aromatic carboxylic acids is 1. The van der Waals surface area contributed by atoms with Crippen LogP contribution in [0.5, 0.6) is 0 Å². The van der Waals surface area contributed by atoms with Crippen LogP contribution in [0.15, 0.2) is 16.6 Å². The Morgan fingerprint density at radius 2 is 2.17 bits per heavy atom. The average molecular weight is 233 g/mol. The molecule has 64 valence electrons. The molecule has 0 saturated carbocycles. The smallest absolute Gasteiger partial charge is 0.336 e. The van der Waals surface area contributed by atoms with E-state index in [1.165, 1.54) is 6.07 Å². The molecule has 0 fully saturated rings. The van der Waals surface area contributed by atoms with Crippen LogP contribution in [0.4, 0.5) is 4.39 Å². The summed E-state index contributed by atoms with van der Waals surface area (Å²) in [5.41, 5.74) is 0.534. The second-order valence-corrected chi connectivity index (χ2v) is 3.24. The number of rotatable bonds is 1. The Labute approximate surface area is 77.2 Å². The SMILES string of the molecule is Cc1cc(Br)c(F)cc1C(=O)O. The molecule has 0 bridgehead atoms. The first-order chi connectivity index (χ1) is 5.52. The van der Waals surface area contributed by atoms with Crippen molar-refractivity contribution in [2.45, 2.75) is 6.92 Å². The van der Waals surface area contributed by atoms with Gasteiger partial charge in [-0.1, -0.05) is 0 Å². The van der Waals surface area contributed by atoms with Crippen LogP contribution in [-0.2, 0) is 0 Å². The Balaban J connectivity index is 3.33. The minimum Gasteiger partial charge on any atom is -0.478 e. The van der Waals surface area contributed by atoms with Gasteiger partial charge in [0, 0.05) is 0 Å². The lowest BCUT2D eigenvalue weighted by Crippen LogP contribution is -2.00. The fraction of sp³-hybridized carbons (Fsp3) is 0.125. The summed E-state index contributed by atoms with van der Waals surface area (Å²) in [7, 11) is 0. The summed E-state index contributed by atoms with van der Waals surface area (Å²) < 4.78 is 13.1. The molecule has 1 rings (SSSR count). The zero-order chi connectivity index (χ0) is 9.30. The van der Waals surface area contributed by atoms with Gasteiger partial charge in [0.15, 0.2) is 0 Å². The Morgan fingerprint density at radius 1 is 1.58 bits per heavy atom. The molecule has 0 amide bonds. The molecular weight excluding hydrogens is 227 g/mol. The fourth-order valence-corrected chi connectivity index (χ4v) is 1.33. The van der Waals surface area contributed by atoms with E-state index in [0.717, 1.165) is 6.07 Å². The van der Waals surface area contributed by atoms with Gasteiger partial charge in [0.1, 0.15) is 5.82 Å². The molecule has 1 aromatic rings. The number of hydrogen-bond donors (Lipinski definition) is 1. The predicted molar refractivity (Wildman–Crippen MR) is 45.8 cm³/mol. The van der Waals surface area contributed by atoms with Crippen LogP contribution < -0.4 is 0 Å². The molecule has 0 saturated heterocycles. The van der Waals surface area contributed by atoms with Crippen molar-refractivity contribution in [1.82, 2.24) is 0 Å². The zero-order valence-corrected chi connectivity index (χ0v) is 7.85. The van der Waals surface area contributed by atoms with Gasteiger partial charge in [0.2, 0.25) is 0 Å². The Bertz CT molecular complexity index is 336. The molecule has 2 nitrogen and oxygen atoms in total. The van der Waals surface area contributed by atoms with Gasteiger partial charge in [-0.2, -0.15) is 0 Å². The summed E-state index contributed by atoms with van der Waals surface area (Å²) in [5, 5.41) is 8.60. The van der Waals surface area contributed by atoms with Gasteiger partial charge in [-0.25, -0.2) is 9.18 Å². The van der Waals surface area contributed by atoms with Crippen molar-refractivity contribution < 1.29 is 14.3 Å². The third-order valence-corrected chi connectivity index (χ3v) is 2.11. The first-order valence-electron chi connectivity index (χ1n) is 3.21. The van der Waals surface area contributed by atoms with Gasteiger partial charge in [-0.15, -0.1) is 0 Å². The lowest BCUT2D eigenvalue weighted by Gasteiger charge is -2.01. The number of carboxylic acid groups (broad SMARTS) is 1. The van der Waals surface area contributed by atoms with Gasteiger partial charge in [-0.3, -0.25) is 0 Å². The summed E-state index contributed by atoms with van der Waals surface area (Å²) in [6.07, 6.45) is 0. The number of hydrogen-bond acceptors (Lipinski definition) is 1. The van der Waals surface area contributed by atoms with E-state index in [-0.39, 0.29) is 10.0 Å². The lowest BCUT2D eigenvalue weighted by atomic mass is 10.1. The van der Waals surface area contributed by atoms with Gasteiger partial charge < -0.3 is 5.11 Å². The van der Waals surface area contributed by atoms with E-state index in [1.54, 1.807) is 6.92 Å². The van der Waals surface area contributed by atoms with Crippen LogP contribution in [0.3, 0.4) is 0 Å². The average Bonchev–Trinajstić information content (AvgIpc) is 1.96. The second-order valence-electron chi connectivity index (χ2n) is 2.39. The molecule has 0 atom stereocenters. The molecule has 12 heavy (non-hydrogen) atoms. The van der Waals surface area contributed by atoms with Crippen molar-refractivity contribution >= 4 is 21.9 Å². The van der Waals surface area contributed by atoms with Crippen LogP contribution in [-0.4, -0.2) is 11.1 Å². The molecule has 0 heterocycles. The maximum atomic E-state index is 12.8. The summed E-state index contributed by atoms with van der Waals surface area (Å²) in [6.45, 7) is 1.62. The Morgan fingerprint density at radius 3 is 2.67 bits per heavy atom. The lowest BCUT2D eigenvalue weighted by molar-refractivity contribution is 0.0695. The highest BCUT2D eigenvalue weighted by molar-refractivity contribution is 9.10. The number of aryl methyl sites for hydroxylation is 1. The van der Waals surface area contributed by atoms with Crippen molar-refractivity contribution in [1.29, 1.82) is 0 Å². The van der Waals surface area contributed by atoms with Crippen LogP contribution in [0.2, 0.25) is 0 Å². The van der Waals surface area contributed by atoms with E-state index in [9.17, 15) is 9.18 Å². The summed E-state index contributed by atoms with van der Waals surface area (Å²) in [5.74, 6) is -1.67. The number of carboxylic acids is 1. The predicted octanol–water partition coefficient (Wildman–Crippen LogP) is 2.59. The standard InChI is InChI=1S/C8H6BrFO2/c1-4-2-6(9)7(10)3-5(4)8(11)12/h2-3H,1H3,(H,11,12). The minimum absolute atomic E-state index is 0.00398. The fourth-order valence-electron chi connectivity index (χ4n) is 0.877. The van der Waals surface area contributed by atoms with Crippen LogP contribution in [0.1, 0.15) is 15.9 Å². The zero-order valence-electron chi connectivity index (χ0n) is 6.27. The number of halogens is 2. The molecule has 4 heteroatoms. The summed E-state index contributed by atoms with van der Waals surface area (Å²) in [6, 6.07) is 2.44. The quantitative estimate of drug-likeness (QED) is 0.809. The van der Waals surface area contributed by atoms with Gasteiger partial charge in [0.25, 0.3) is 0 Å². The third kappa shape index (κ3) is 1.64. The molecule has 0 aromatic heterocycles. The van der Waals surface area contributed by atoms with Gasteiger partial charge in [-0.05, 0) is 40.5 Å². The first-order valence-corrected chi connectivity index (χ1v) is 4.00. The third-order valence-electron chi connectivity index (χ3n) is 1.50. The maximum absolute atomic E-state index is 12.8. The van der Waals surface area contributed by atoms with E-state index in [4.69, 9.17) is 5.11 Å². The molecule has 1 N–H and O–H groups in total. The highest BCUT2D eigenvalue weighted by Gasteiger charge is 2.10. The van der Waals surface area contributed by atoms with Gasteiger partial charge >= 0.3 is 5.97 Å². The first kappa shape index (κ1) is 9.19. The molecular formula is C8H6BrFO2. The Hall–Kier alpha value is -0.900. The summed E-state index contributed by atoms with van der Waals surface area (Å²) in [4.78, 5) is 10.5. The molecule has 0 spiro atoms. The van der Waals surface area contributed by atoms with E-state index in [2.05, 4.69) is 15.9 Å². The van der Waals surface area contributed by atoms with E-state index in [0.29, 0.717) is 5.56 Å². The molecule has 1 aromatic carbocycles. The highest BCUT2D eigenvalue weighted by atomic mass is 79.9.